The summed E-state index contributed by atoms with van der Waals surface area (Å²) in [6, 6.07) is 3.18. The molecule has 0 aliphatic heterocycles. The highest BCUT2D eigenvalue weighted by atomic mass is 19.1. The summed E-state index contributed by atoms with van der Waals surface area (Å²) in [6.07, 6.45) is 1.26. The summed E-state index contributed by atoms with van der Waals surface area (Å²) in [4.78, 5) is 0. The molecular weight excluding hydrogens is 190 g/mol. The van der Waals surface area contributed by atoms with Crippen LogP contribution in [0, 0.1) is 11.6 Å². The van der Waals surface area contributed by atoms with Crippen LogP contribution in [0.25, 0.3) is 0 Å². The summed E-state index contributed by atoms with van der Waals surface area (Å²) >= 11 is 0. The van der Waals surface area contributed by atoms with Crippen molar-refractivity contribution < 1.29 is 18.6 Å². The van der Waals surface area contributed by atoms with Gasteiger partial charge in [0.05, 0.1) is 6.61 Å². The molecule has 1 N–H and O–H groups in total. The molecule has 2 nitrogen and oxygen atoms in total. The first-order chi connectivity index (χ1) is 6.74. The fourth-order valence-corrected chi connectivity index (χ4v) is 0.988. The molecule has 0 aromatic heterocycles. The number of rotatable bonds is 5. The van der Waals surface area contributed by atoms with Crippen molar-refractivity contribution in [1.82, 2.24) is 0 Å². The van der Waals surface area contributed by atoms with Crippen molar-refractivity contribution in [2.24, 2.45) is 0 Å². The van der Waals surface area contributed by atoms with Crippen LogP contribution in [0.4, 0.5) is 8.78 Å². The maximum atomic E-state index is 12.9. The molecule has 1 rings (SSSR count). The zero-order valence-electron chi connectivity index (χ0n) is 7.67. The average Bonchev–Trinajstić information content (AvgIpc) is 2.15. The summed E-state index contributed by atoms with van der Waals surface area (Å²) in [7, 11) is 0. The Morgan fingerprint density at radius 1 is 1.21 bits per heavy atom. The molecule has 0 bridgehead atoms. The number of unbranched alkanes of at least 4 members (excludes halogenated alkanes) is 1. The Labute approximate surface area is 81.1 Å². The molecule has 0 atom stereocenters. The number of halogens is 2. The van der Waals surface area contributed by atoms with Gasteiger partial charge in [0.1, 0.15) is 5.82 Å². The number of benzene rings is 1. The predicted molar refractivity (Wildman–Crippen MR) is 48.2 cm³/mol. The maximum absolute atomic E-state index is 12.9. The molecule has 0 spiro atoms. The minimum atomic E-state index is -0.700. The average molecular weight is 202 g/mol. The molecule has 78 valence electrons. The van der Waals surface area contributed by atoms with Gasteiger partial charge in [0.2, 0.25) is 0 Å². The molecular formula is C10H12F2O2. The van der Waals surface area contributed by atoms with E-state index in [0.29, 0.717) is 19.4 Å². The van der Waals surface area contributed by atoms with Crippen LogP contribution in [0.5, 0.6) is 5.75 Å². The third-order valence-corrected chi connectivity index (χ3v) is 1.70. The van der Waals surface area contributed by atoms with E-state index in [0.717, 1.165) is 12.1 Å². The van der Waals surface area contributed by atoms with Crippen LogP contribution in [0.1, 0.15) is 12.8 Å². The Balaban J connectivity index is 2.42. The van der Waals surface area contributed by atoms with Crippen molar-refractivity contribution in [3.8, 4) is 5.75 Å². The van der Waals surface area contributed by atoms with E-state index >= 15 is 0 Å². The number of hydrogen-bond donors (Lipinski definition) is 1. The topological polar surface area (TPSA) is 29.5 Å². The molecule has 0 fully saturated rings. The van der Waals surface area contributed by atoms with E-state index in [1.54, 1.807) is 0 Å². The number of ether oxygens (including phenoxy) is 1. The lowest BCUT2D eigenvalue weighted by Gasteiger charge is -2.06. The Bertz CT molecular complexity index is 289. The molecule has 1 aromatic carbocycles. The monoisotopic (exact) mass is 202 g/mol. The van der Waals surface area contributed by atoms with Crippen molar-refractivity contribution in [3.63, 3.8) is 0 Å². The molecule has 0 heterocycles. The molecule has 0 saturated carbocycles. The summed E-state index contributed by atoms with van der Waals surface area (Å²) in [5.41, 5.74) is 0. The largest absolute Gasteiger partial charge is 0.491 e. The van der Waals surface area contributed by atoms with Gasteiger partial charge < -0.3 is 9.84 Å². The number of aliphatic hydroxyl groups is 1. The van der Waals surface area contributed by atoms with Crippen LogP contribution in [-0.4, -0.2) is 18.3 Å². The van der Waals surface area contributed by atoms with E-state index in [1.165, 1.54) is 6.07 Å². The fraction of sp³-hybridized carbons (Fsp3) is 0.400. The highest BCUT2D eigenvalue weighted by Gasteiger charge is 2.03. The molecule has 14 heavy (non-hydrogen) atoms. The van der Waals surface area contributed by atoms with Crippen LogP contribution < -0.4 is 4.74 Å². The fourth-order valence-electron chi connectivity index (χ4n) is 0.988. The second kappa shape index (κ2) is 5.54. The van der Waals surface area contributed by atoms with Gasteiger partial charge >= 0.3 is 0 Å². The van der Waals surface area contributed by atoms with Gasteiger partial charge in [-0.15, -0.1) is 0 Å². The highest BCUT2D eigenvalue weighted by Crippen LogP contribution is 2.17. The Morgan fingerprint density at radius 2 is 2.00 bits per heavy atom. The van der Waals surface area contributed by atoms with Gasteiger partial charge in [-0.3, -0.25) is 0 Å². The molecule has 0 aliphatic rings. The van der Waals surface area contributed by atoms with Gasteiger partial charge in [-0.25, -0.2) is 8.78 Å². The third-order valence-electron chi connectivity index (χ3n) is 1.70. The number of aliphatic hydroxyl groups excluding tert-OH is 1. The van der Waals surface area contributed by atoms with E-state index in [4.69, 9.17) is 9.84 Å². The van der Waals surface area contributed by atoms with Gasteiger partial charge in [0.25, 0.3) is 0 Å². The first kappa shape index (κ1) is 10.9. The summed E-state index contributed by atoms with van der Waals surface area (Å²) < 4.78 is 30.4. The molecule has 0 unspecified atom stereocenters. The first-order valence-electron chi connectivity index (χ1n) is 4.43. The number of hydrogen-bond acceptors (Lipinski definition) is 2. The van der Waals surface area contributed by atoms with Crippen molar-refractivity contribution >= 4 is 0 Å². The summed E-state index contributed by atoms with van der Waals surface area (Å²) in [5, 5.41) is 8.48. The normalized spacial score (nSPS) is 10.2. The van der Waals surface area contributed by atoms with E-state index in [9.17, 15) is 8.78 Å². The Hall–Kier alpha value is -1.16. The zero-order chi connectivity index (χ0) is 10.4. The van der Waals surface area contributed by atoms with Gasteiger partial charge in [-0.1, -0.05) is 0 Å². The molecule has 1 aromatic rings. The Morgan fingerprint density at radius 3 is 2.64 bits per heavy atom. The van der Waals surface area contributed by atoms with E-state index < -0.39 is 11.6 Å². The van der Waals surface area contributed by atoms with E-state index in [-0.39, 0.29) is 12.4 Å². The highest BCUT2D eigenvalue weighted by molar-refractivity contribution is 5.24. The standard InChI is InChI=1S/C10H12F2O2/c11-8-3-4-10(9(12)7-8)14-6-2-1-5-13/h3-4,7,13H,1-2,5-6H2. The zero-order valence-corrected chi connectivity index (χ0v) is 7.67. The maximum Gasteiger partial charge on any atom is 0.167 e. The lowest BCUT2D eigenvalue weighted by molar-refractivity contribution is 0.248. The third kappa shape index (κ3) is 3.30. The van der Waals surface area contributed by atoms with Crippen molar-refractivity contribution in [2.75, 3.05) is 13.2 Å². The predicted octanol–water partition coefficient (Wildman–Crippen LogP) is 2.12. The van der Waals surface area contributed by atoms with Crippen molar-refractivity contribution in [1.29, 1.82) is 0 Å². The van der Waals surface area contributed by atoms with E-state index in [1.807, 2.05) is 0 Å². The van der Waals surface area contributed by atoms with Crippen LogP contribution in [0.3, 0.4) is 0 Å². The van der Waals surface area contributed by atoms with Crippen molar-refractivity contribution in [3.05, 3.63) is 29.8 Å². The van der Waals surface area contributed by atoms with Crippen LogP contribution in [0.15, 0.2) is 18.2 Å². The van der Waals surface area contributed by atoms with Gasteiger partial charge in [-0.2, -0.15) is 0 Å². The molecule has 0 radical (unpaired) electrons. The second-order valence-electron chi connectivity index (χ2n) is 2.85. The SMILES string of the molecule is OCCCCOc1ccc(F)cc1F. The molecule has 0 saturated heterocycles. The molecule has 0 aliphatic carbocycles. The van der Waals surface area contributed by atoms with Crippen molar-refractivity contribution in [2.45, 2.75) is 12.8 Å². The minimum absolute atomic E-state index is 0.0457. The lowest BCUT2D eigenvalue weighted by atomic mass is 10.3. The van der Waals surface area contributed by atoms with Crippen LogP contribution in [0.2, 0.25) is 0 Å². The van der Waals surface area contributed by atoms with Gasteiger partial charge in [0.15, 0.2) is 11.6 Å². The first-order valence-corrected chi connectivity index (χ1v) is 4.43. The second-order valence-corrected chi connectivity index (χ2v) is 2.85. The van der Waals surface area contributed by atoms with Crippen LogP contribution in [-0.2, 0) is 0 Å². The smallest absolute Gasteiger partial charge is 0.167 e. The van der Waals surface area contributed by atoms with E-state index in [2.05, 4.69) is 0 Å². The molecule has 4 heteroatoms. The van der Waals surface area contributed by atoms with Crippen LogP contribution >= 0.6 is 0 Å². The molecule has 0 amide bonds. The van der Waals surface area contributed by atoms with Gasteiger partial charge in [0, 0.05) is 12.7 Å². The summed E-state index contributed by atoms with van der Waals surface area (Å²) in [6.45, 7) is 0.415. The minimum Gasteiger partial charge on any atom is -0.491 e. The quantitative estimate of drug-likeness (QED) is 0.741. The van der Waals surface area contributed by atoms with Gasteiger partial charge in [-0.05, 0) is 25.0 Å². The lowest BCUT2D eigenvalue weighted by Crippen LogP contribution is -2.00. The Kier molecular flexibility index (Phi) is 4.32. The summed E-state index contributed by atoms with van der Waals surface area (Å²) in [5.74, 6) is -1.27.